The molecule has 2 nitrogen and oxygen atoms in total. The molecule has 2 rings (SSSR count). The molecular weight excluding hydrogens is 198 g/mol. The summed E-state index contributed by atoms with van der Waals surface area (Å²) >= 11 is 0. The summed E-state index contributed by atoms with van der Waals surface area (Å²) in [7, 11) is 0. The van der Waals surface area contributed by atoms with Crippen LogP contribution in [0.2, 0.25) is 0 Å². The largest absolute Gasteiger partial charge is 0.361 e. The predicted molar refractivity (Wildman–Crippen MR) is 66.4 cm³/mol. The van der Waals surface area contributed by atoms with Crippen LogP contribution in [-0.4, -0.2) is 5.78 Å². The van der Waals surface area contributed by atoms with Crippen LogP contribution in [0.5, 0.6) is 0 Å². The van der Waals surface area contributed by atoms with E-state index in [-0.39, 0.29) is 0 Å². The molecule has 2 heteroatoms. The molecule has 1 N–H and O–H groups in total. The molecule has 0 amide bonds. The molecule has 1 aliphatic rings. The molecule has 0 spiro atoms. The van der Waals surface area contributed by atoms with Gasteiger partial charge in [0.2, 0.25) is 0 Å². The molecule has 84 valence electrons. The van der Waals surface area contributed by atoms with E-state index >= 15 is 0 Å². The molecule has 0 atom stereocenters. The van der Waals surface area contributed by atoms with Gasteiger partial charge in [-0.1, -0.05) is 18.2 Å². The fourth-order valence-corrected chi connectivity index (χ4v) is 1.95. The molecule has 0 heterocycles. The maximum atomic E-state index is 11.6. The highest BCUT2D eigenvalue weighted by atomic mass is 16.1. The van der Waals surface area contributed by atoms with Crippen molar-refractivity contribution < 1.29 is 4.79 Å². The van der Waals surface area contributed by atoms with Crippen molar-refractivity contribution in [2.24, 2.45) is 0 Å². The van der Waals surface area contributed by atoms with Crippen molar-refractivity contribution in [3.63, 3.8) is 0 Å². The average molecular weight is 215 g/mol. The molecule has 1 fully saturated rings. The molecule has 0 aliphatic heterocycles. The third-order valence-corrected chi connectivity index (χ3v) is 3.01. The Morgan fingerprint density at radius 3 is 2.69 bits per heavy atom. The SMILES string of the molecule is Cc1ccccc1N/C=C1/CCCCC1=O. The number of benzene rings is 1. The van der Waals surface area contributed by atoms with Crippen molar-refractivity contribution in [1.29, 1.82) is 0 Å². The van der Waals surface area contributed by atoms with Crippen LogP contribution in [0.4, 0.5) is 5.69 Å². The number of hydrogen-bond acceptors (Lipinski definition) is 2. The highest BCUT2D eigenvalue weighted by molar-refractivity contribution is 5.96. The average Bonchev–Trinajstić information content (AvgIpc) is 2.30. The lowest BCUT2D eigenvalue weighted by Gasteiger charge is -2.13. The van der Waals surface area contributed by atoms with Gasteiger partial charge in [-0.3, -0.25) is 4.79 Å². The first-order valence-corrected chi connectivity index (χ1v) is 5.82. The van der Waals surface area contributed by atoms with Gasteiger partial charge in [-0.2, -0.15) is 0 Å². The lowest BCUT2D eigenvalue weighted by molar-refractivity contribution is -0.116. The molecule has 1 aromatic rings. The topological polar surface area (TPSA) is 29.1 Å². The van der Waals surface area contributed by atoms with Gasteiger partial charge in [0.1, 0.15) is 0 Å². The molecule has 16 heavy (non-hydrogen) atoms. The summed E-state index contributed by atoms with van der Waals surface area (Å²) in [6, 6.07) is 8.10. The second-order valence-corrected chi connectivity index (χ2v) is 4.26. The van der Waals surface area contributed by atoms with Crippen molar-refractivity contribution in [3.8, 4) is 0 Å². The highest BCUT2D eigenvalue weighted by Crippen LogP contribution is 2.20. The smallest absolute Gasteiger partial charge is 0.160 e. The number of aryl methyl sites for hydroxylation is 1. The van der Waals surface area contributed by atoms with Crippen molar-refractivity contribution in [3.05, 3.63) is 41.6 Å². The van der Waals surface area contributed by atoms with E-state index in [2.05, 4.69) is 18.3 Å². The van der Waals surface area contributed by atoms with Crippen molar-refractivity contribution in [2.75, 3.05) is 5.32 Å². The number of carbonyl (C=O) groups excluding carboxylic acids is 1. The van der Waals surface area contributed by atoms with Gasteiger partial charge in [0, 0.05) is 23.9 Å². The molecule has 0 bridgehead atoms. The van der Waals surface area contributed by atoms with Gasteiger partial charge in [0.05, 0.1) is 0 Å². The van der Waals surface area contributed by atoms with Crippen LogP contribution in [0.1, 0.15) is 31.2 Å². The van der Waals surface area contributed by atoms with Crippen LogP contribution in [0.25, 0.3) is 0 Å². The number of carbonyl (C=O) groups is 1. The number of Topliss-reactive ketones (excluding diaryl/α,β-unsaturated/α-hetero) is 1. The Hall–Kier alpha value is -1.57. The van der Waals surface area contributed by atoms with Gasteiger partial charge in [0.15, 0.2) is 5.78 Å². The number of allylic oxidation sites excluding steroid dienone is 1. The fourth-order valence-electron chi connectivity index (χ4n) is 1.95. The second kappa shape index (κ2) is 4.97. The van der Waals surface area contributed by atoms with Gasteiger partial charge in [-0.25, -0.2) is 0 Å². The van der Waals surface area contributed by atoms with Crippen molar-refractivity contribution in [1.82, 2.24) is 0 Å². The van der Waals surface area contributed by atoms with Crippen molar-refractivity contribution >= 4 is 11.5 Å². The molecule has 0 saturated heterocycles. The van der Waals surface area contributed by atoms with E-state index in [9.17, 15) is 4.79 Å². The standard InChI is InChI=1S/C14H17NO/c1-11-6-2-4-8-13(11)15-10-12-7-3-5-9-14(12)16/h2,4,6,8,10,15H,3,5,7,9H2,1H3/b12-10-. The van der Waals surface area contributed by atoms with Gasteiger partial charge in [-0.05, 0) is 37.8 Å². The summed E-state index contributed by atoms with van der Waals surface area (Å²) in [6.45, 7) is 2.06. The Morgan fingerprint density at radius 2 is 1.94 bits per heavy atom. The first-order chi connectivity index (χ1) is 7.77. The number of nitrogens with one attached hydrogen (secondary N) is 1. The van der Waals surface area contributed by atoms with Crippen LogP contribution in [0.3, 0.4) is 0 Å². The molecule has 1 aliphatic carbocycles. The fraction of sp³-hybridized carbons (Fsp3) is 0.357. The molecule has 0 aromatic heterocycles. The van der Waals surface area contributed by atoms with E-state index in [1.54, 1.807) is 0 Å². The van der Waals surface area contributed by atoms with E-state index in [1.165, 1.54) is 5.56 Å². The minimum absolute atomic E-state index is 0.298. The monoisotopic (exact) mass is 215 g/mol. The maximum Gasteiger partial charge on any atom is 0.160 e. The van der Waals surface area contributed by atoms with Gasteiger partial charge < -0.3 is 5.32 Å². The van der Waals surface area contributed by atoms with Crippen LogP contribution in [-0.2, 0) is 4.79 Å². The van der Waals surface area contributed by atoms with Crippen LogP contribution in [0.15, 0.2) is 36.0 Å². The van der Waals surface area contributed by atoms with E-state index in [0.29, 0.717) is 12.2 Å². The zero-order valence-corrected chi connectivity index (χ0v) is 9.62. The number of anilines is 1. The maximum absolute atomic E-state index is 11.6. The lowest BCUT2D eigenvalue weighted by Crippen LogP contribution is -2.10. The zero-order chi connectivity index (χ0) is 11.4. The van der Waals surface area contributed by atoms with E-state index in [0.717, 1.165) is 30.5 Å². The first kappa shape index (κ1) is 10.9. The van der Waals surface area contributed by atoms with Crippen molar-refractivity contribution in [2.45, 2.75) is 32.6 Å². The highest BCUT2D eigenvalue weighted by Gasteiger charge is 2.14. The van der Waals surface area contributed by atoms with Gasteiger partial charge >= 0.3 is 0 Å². The number of ketones is 1. The Morgan fingerprint density at radius 1 is 1.19 bits per heavy atom. The van der Waals surface area contributed by atoms with Crippen LogP contribution < -0.4 is 5.32 Å². The minimum Gasteiger partial charge on any atom is -0.361 e. The molecule has 1 saturated carbocycles. The van der Waals surface area contributed by atoms with E-state index in [4.69, 9.17) is 0 Å². The van der Waals surface area contributed by atoms with Gasteiger partial charge in [0.25, 0.3) is 0 Å². The molecule has 0 unspecified atom stereocenters. The van der Waals surface area contributed by atoms with E-state index < -0.39 is 0 Å². The minimum atomic E-state index is 0.298. The summed E-state index contributed by atoms with van der Waals surface area (Å²) in [5.41, 5.74) is 3.21. The third-order valence-electron chi connectivity index (χ3n) is 3.01. The predicted octanol–water partition coefficient (Wildman–Crippen LogP) is 3.43. The Labute approximate surface area is 96.4 Å². The first-order valence-electron chi connectivity index (χ1n) is 5.82. The van der Waals surface area contributed by atoms with Crippen LogP contribution >= 0.6 is 0 Å². The van der Waals surface area contributed by atoms with Crippen LogP contribution in [0, 0.1) is 6.92 Å². The summed E-state index contributed by atoms with van der Waals surface area (Å²) in [6.07, 6.45) is 5.68. The summed E-state index contributed by atoms with van der Waals surface area (Å²) < 4.78 is 0. The van der Waals surface area contributed by atoms with Gasteiger partial charge in [-0.15, -0.1) is 0 Å². The summed E-state index contributed by atoms with van der Waals surface area (Å²) in [5.74, 6) is 0.298. The second-order valence-electron chi connectivity index (χ2n) is 4.26. The Kier molecular flexibility index (Phi) is 3.40. The molecule has 0 radical (unpaired) electrons. The normalized spacial score (nSPS) is 18.8. The Bertz CT molecular complexity index is 420. The Balaban J connectivity index is 2.08. The third kappa shape index (κ3) is 2.51. The number of para-hydroxylation sites is 1. The number of hydrogen-bond donors (Lipinski definition) is 1. The molecule has 1 aromatic carbocycles. The quantitative estimate of drug-likeness (QED) is 0.766. The lowest BCUT2D eigenvalue weighted by atomic mass is 9.94. The summed E-state index contributed by atoms with van der Waals surface area (Å²) in [5, 5.41) is 3.23. The van der Waals surface area contributed by atoms with E-state index in [1.807, 2.05) is 24.4 Å². The number of rotatable bonds is 2. The molecular formula is C14H17NO. The summed E-state index contributed by atoms with van der Waals surface area (Å²) in [4.78, 5) is 11.6. The zero-order valence-electron chi connectivity index (χ0n) is 9.62.